The highest BCUT2D eigenvalue weighted by molar-refractivity contribution is 7.98. The van der Waals surface area contributed by atoms with E-state index in [2.05, 4.69) is 27.7 Å². The topological polar surface area (TPSA) is 56.7 Å². The van der Waals surface area contributed by atoms with Crippen molar-refractivity contribution in [2.45, 2.75) is 17.5 Å². The first-order valence-corrected chi connectivity index (χ1v) is 9.28. The second kappa shape index (κ2) is 7.02. The summed E-state index contributed by atoms with van der Waals surface area (Å²) < 4.78 is 7.36. The van der Waals surface area contributed by atoms with Gasteiger partial charge in [-0.15, -0.1) is 21.5 Å². The average molecular weight is 354 g/mol. The number of thiazole rings is 1. The predicted molar refractivity (Wildman–Crippen MR) is 94.9 cm³/mol. The van der Waals surface area contributed by atoms with Crippen LogP contribution in [0.25, 0.3) is 10.6 Å². The molecule has 3 aromatic heterocycles. The van der Waals surface area contributed by atoms with Gasteiger partial charge in [-0.3, -0.25) is 0 Å². The second-order valence-corrected chi connectivity index (χ2v) is 6.92. The zero-order valence-electron chi connectivity index (χ0n) is 12.7. The van der Waals surface area contributed by atoms with Crippen LogP contribution in [0, 0.1) is 0 Å². The van der Waals surface area contributed by atoms with Crippen LogP contribution in [0.1, 0.15) is 11.5 Å². The molecule has 0 unspecified atom stereocenters. The number of furan rings is 1. The first kappa shape index (κ1) is 15.2. The Morgan fingerprint density at radius 1 is 1.12 bits per heavy atom. The smallest absolute Gasteiger partial charge is 0.191 e. The highest BCUT2D eigenvalue weighted by atomic mass is 32.2. The molecule has 3 heterocycles. The van der Waals surface area contributed by atoms with Gasteiger partial charge in [0.1, 0.15) is 17.1 Å². The van der Waals surface area contributed by atoms with Crippen molar-refractivity contribution in [2.75, 3.05) is 0 Å². The Morgan fingerprint density at radius 3 is 2.88 bits per heavy atom. The number of thioether (sulfide) groups is 1. The van der Waals surface area contributed by atoms with E-state index in [0.29, 0.717) is 6.54 Å². The number of hydrogen-bond donors (Lipinski definition) is 0. The van der Waals surface area contributed by atoms with E-state index in [9.17, 15) is 0 Å². The lowest BCUT2D eigenvalue weighted by Crippen LogP contribution is -1.99. The lowest BCUT2D eigenvalue weighted by Gasteiger charge is -2.03. The summed E-state index contributed by atoms with van der Waals surface area (Å²) in [5.74, 6) is 1.65. The summed E-state index contributed by atoms with van der Waals surface area (Å²) in [6.07, 6.45) is 3.40. The Labute approximate surface area is 147 Å². The summed E-state index contributed by atoms with van der Waals surface area (Å²) in [6.45, 7) is 0.634. The molecule has 0 bridgehead atoms. The minimum atomic E-state index is 0.634. The molecule has 0 atom stereocenters. The van der Waals surface area contributed by atoms with E-state index < -0.39 is 0 Å². The molecule has 120 valence electrons. The van der Waals surface area contributed by atoms with Crippen molar-refractivity contribution in [2.24, 2.45) is 0 Å². The van der Waals surface area contributed by atoms with Crippen LogP contribution in [-0.4, -0.2) is 19.7 Å². The van der Waals surface area contributed by atoms with Gasteiger partial charge in [0.15, 0.2) is 5.16 Å². The van der Waals surface area contributed by atoms with Crippen LogP contribution in [0.2, 0.25) is 0 Å². The first-order chi connectivity index (χ1) is 11.9. The third-order valence-corrected chi connectivity index (χ3v) is 5.36. The average Bonchev–Trinajstić information content (AvgIpc) is 3.37. The van der Waals surface area contributed by atoms with Gasteiger partial charge in [0, 0.05) is 16.7 Å². The molecule has 1 aromatic carbocycles. The first-order valence-electron chi connectivity index (χ1n) is 7.41. The van der Waals surface area contributed by atoms with E-state index >= 15 is 0 Å². The summed E-state index contributed by atoms with van der Waals surface area (Å²) in [6, 6.07) is 14.1. The van der Waals surface area contributed by atoms with Crippen molar-refractivity contribution in [1.82, 2.24) is 19.7 Å². The predicted octanol–water partition coefficient (Wildman–Crippen LogP) is 4.34. The maximum Gasteiger partial charge on any atom is 0.191 e. The largest absolute Gasteiger partial charge is 0.467 e. The van der Waals surface area contributed by atoms with Gasteiger partial charge in [-0.25, -0.2) is 4.98 Å². The molecule has 0 radical (unpaired) electrons. The van der Waals surface area contributed by atoms with Crippen LogP contribution in [0.4, 0.5) is 0 Å². The zero-order chi connectivity index (χ0) is 16.2. The van der Waals surface area contributed by atoms with Gasteiger partial charge >= 0.3 is 0 Å². The van der Waals surface area contributed by atoms with E-state index in [0.717, 1.165) is 32.9 Å². The van der Waals surface area contributed by atoms with Crippen LogP contribution >= 0.6 is 23.1 Å². The van der Waals surface area contributed by atoms with E-state index in [1.54, 1.807) is 35.7 Å². The van der Waals surface area contributed by atoms with Gasteiger partial charge in [0.25, 0.3) is 0 Å². The maximum atomic E-state index is 5.38. The highest BCUT2D eigenvalue weighted by Crippen LogP contribution is 2.27. The van der Waals surface area contributed by atoms with Crippen molar-refractivity contribution in [3.05, 3.63) is 71.9 Å². The fourth-order valence-electron chi connectivity index (χ4n) is 2.26. The molecule has 4 rings (SSSR count). The summed E-state index contributed by atoms with van der Waals surface area (Å²) >= 11 is 3.29. The molecular formula is C17H14N4OS2. The van der Waals surface area contributed by atoms with Crippen LogP contribution < -0.4 is 0 Å². The van der Waals surface area contributed by atoms with E-state index in [1.165, 1.54) is 0 Å². The van der Waals surface area contributed by atoms with Gasteiger partial charge < -0.3 is 8.98 Å². The Morgan fingerprint density at radius 2 is 2.04 bits per heavy atom. The maximum absolute atomic E-state index is 5.38. The van der Waals surface area contributed by atoms with Crippen molar-refractivity contribution in [3.8, 4) is 10.6 Å². The van der Waals surface area contributed by atoms with Crippen LogP contribution in [-0.2, 0) is 12.3 Å². The number of benzene rings is 1. The molecular weight excluding hydrogens is 340 g/mol. The van der Waals surface area contributed by atoms with Gasteiger partial charge in [-0.2, -0.15) is 0 Å². The van der Waals surface area contributed by atoms with Crippen LogP contribution in [0.5, 0.6) is 0 Å². The number of nitrogens with zero attached hydrogens (tertiary/aromatic N) is 4. The molecule has 4 aromatic rings. The SMILES string of the molecule is c1ccc(-c2nc(CSc3nncn3Cc3ccco3)cs2)cc1. The zero-order valence-corrected chi connectivity index (χ0v) is 14.3. The van der Waals surface area contributed by atoms with Gasteiger partial charge in [-0.1, -0.05) is 42.1 Å². The molecule has 7 heteroatoms. The Balaban J connectivity index is 1.43. The summed E-state index contributed by atoms with van der Waals surface area (Å²) in [7, 11) is 0. The molecule has 0 spiro atoms. The number of aromatic nitrogens is 4. The molecule has 0 saturated heterocycles. The van der Waals surface area contributed by atoms with Crippen molar-refractivity contribution < 1.29 is 4.42 Å². The number of hydrogen-bond acceptors (Lipinski definition) is 6. The van der Waals surface area contributed by atoms with Gasteiger partial charge in [-0.05, 0) is 12.1 Å². The normalized spacial score (nSPS) is 11.0. The lowest BCUT2D eigenvalue weighted by atomic mass is 10.2. The van der Waals surface area contributed by atoms with Crippen LogP contribution in [0.15, 0.2) is 70.0 Å². The molecule has 5 nitrogen and oxygen atoms in total. The molecule has 0 aliphatic heterocycles. The summed E-state index contributed by atoms with van der Waals surface area (Å²) in [4.78, 5) is 4.71. The summed E-state index contributed by atoms with van der Waals surface area (Å²) in [5, 5.41) is 12.2. The monoisotopic (exact) mass is 354 g/mol. The molecule has 0 saturated carbocycles. The standard InChI is InChI=1S/C17H14N4OS2/c1-2-5-13(6-3-1)16-19-14(10-23-16)11-24-17-20-18-12-21(17)9-15-7-4-8-22-15/h1-8,10,12H,9,11H2. The Kier molecular flexibility index (Phi) is 4.44. The van der Waals surface area contributed by atoms with E-state index in [-0.39, 0.29) is 0 Å². The van der Waals surface area contributed by atoms with Gasteiger partial charge in [0.05, 0.1) is 18.5 Å². The molecule has 0 N–H and O–H groups in total. The van der Waals surface area contributed by atoms with Crippen molar-refractivity contribution in [3.63, 3.8) is 0 Å². The fraction of sp³-hybridized carbons (Fsp3) is 0.118. The van der Waals surface area contributed by atoms with Crippen LogP contribution in [0.3, 0.4) is 0 Å². The molecule has 0 amide bonds. The quantitative estimate of drug-likeness (QED) is 0.482. The second-order valence-electron chi connectivity index (χ2n) is 5.12. The summed E-state index contributed by atoms with van der Waals surface area (Å²) in [5.41, 5.74) is 2.20. The molecule has 0 aliphatic rings. The van der Waals surface area contributed by atoms with Crippen molar-refractivity contribution >= 4 is 23.1 Å². The molecule has 0 aliphatic carbocycles. The third-order valence-electron chi connectivity index (χ3n) is 3.41. The lowest BCUT2D eigenvalue weighted by molar-refractivity contribution is 0.484. The molecule has 0 fully saturated rings. The van der Waals surface area contributed by atoms with Gasteiger partial charge in [0.2, 0.25) is 0 Å². The van der Waals surface area contributed by atoms with E-state index in [4.69, 9.17) is 9.40 Å². The number of rotatable bonds is 6. The van der Waals surface area contributed by atoms with Crippen molar-refractivity contribution in [1.29, 1.82) is 0 Å². The molecule has 24 heavy (non-hydrogen) atoms. The van der Waals surface area contributed by atoms with E-state index in [1.807, 2.05) is 34.9 Å². The highest BCUT2D eigenvalue weighted by Gasteiger charge is 2.10. The third kappa shape index (κ3) is 3.42. The Bertz CT molecular complexity index is 900. The minimum absolute atomic E-state index is 0.634. The minimum Gasteiger partial charge on any atom is -0.467 e. The Hall–Kier alpha value is -2.38. The fourth-order valence-corrected chi connectivity index (χ4v) is 4.00.